The molecule has 0 radical (unpaired) electrons. The first-order valence-corrected chi connectivity index (χ1v) is 11.1. The number of para-hydroxylation sites is 1. The number of carbonyl (C=O) groups excluding carboxylic acids is 2. The topological polar surface area (TPSA) is 62.7 Å². The lowest BCUT2D eigenvalue weighted by atomic mass is 9.88. The van der Waals surface area contributed by atoms with Crippen LogP contribution >= 0.6 is 0 Å². The fourth-order valence-corrected chi connectivity index (χ4v) is 4.63. The second-order valence-electron chi connectivity index (χ2n) is 8.79. The molecule has 164 valence electrons. The van der Waals surface area contributed by atoms with Crippen LogP contribution in [0.3, 0.4) is 0 Å². The lowest BCUT2D eigenvalue weighted by molar-refractivity contribution is -0.161. The van der Waals surface area contributed by atoms with Crippen LogP contribution in [0, 0.1) is 0 Å². The Morgan fingerprint density at radius 2 is 1.81 bits per heavy atom. The molecule has 2 aromatic rings. The van der Waals surface area contributed by atoms with Gasteiger partial charge in [0.15, 0.2) is 0 Å². The third-order valence-corrected chi connectivity index (χ3v) is 6.30. The van der Waals surface area contributed by atoms with Crippen molar-refractivity contribution in [3.63, 3.8) is 0 Å². The number of benzene rings is 1. The molecule has 0 bridgehead atoms. The second kappa shape index (κ2) is 9.28. The molecular formula is C25H31N3O3. The predicted octanol–water partition coefficient (Wildman–Crippen LogP) is 3.04. The molecule has 2 aliphatic heterocycles. The number of amides is 1. The van der Waals surface area contributed by atoms with Gasteiger partial charge in [-0.15, -0.1) is 0 Å². The van der Waals surface area contributed by atoms with Crippen molar-refractivity contribution in [2.75, 3.05) is 31.1 Å². The van der Waals surface area contributed by atoms with Crippen LogP contribution in [0.1, 0.15) is 38.1 Å². The number of ketones is 1. The van der Waals surface area contributed by atoms with E-state index in [0.717, 1.165) is 56.0 Å². The number of hydrogen-bond acceptors (Lipinski definition) is 5. The zero-order valence-corrected chi connectivity index (χ0v) is 18.4. The number of carbonyl (C=O) groups is 2. The van der Waals surface area contributed by atoms with Crippen molar-refractivity contribution in [1.82, 2.24) is 9.88 Å². The molecule has 1 spiro atoms. The van der Waals surface area contributed by atoms with Gasteiger partial charge in [-0.1, -0.05) is 24.3 Å². The number of ether oxygens (including phenoxy) is 1. The highest BCUT2D eigenvalue weighted by Gasteiger charge is 2.45. The Hall–Kier alpha value is -2.57. The molecule has 1 amide bonds. The molecule has 6 heteroatoms. The average Bonchev–Trinajstić information content (AvgIpc) is 2.76. The molecule has 0 aliphatic carbocycles. The van der Waals surface area contributed by atoms with Crippen LogP contribution < -0.4 is 4.90 Å². The lowest BCUT2D eigenvalue weighted by Gasteiger charge is -2.49. The van der Waals surface area contributed by atoms with E-state index in [0.29, 0.717) is 13.0 Å². The molecule has 1 unspecified atom stereocenters. The van der Waals surface area contributed by atoms with Crippen LogP contribution in [0.2, 0.25) is 0 Å². The zero-order valence-electron chi connectivity index (χ0n) is 18.4. The number of likely N-dealkylation sites (tertiary alicyclic amines) is 1. The van der Waals surface area contributed by atoms with Gasteiger partial charge in [-0.25, -0.2) is 0 Å². The van der Waals surface area contributed by atoms with E-state index in [-0.39, 0.29) is 17.3 Å². The van der Waals surface area contributed by atoms with Gasteiger partial charge in [-0.05, 0) is 51.0 Å². The van der Waals surface area contributed by atoms with Gasteiger partial charge in [0.1, 0.15) is 11.9 Å². The smallest absolute Gasteiger partial charge is 0.255 e. The Labute approximate surface area is 184 Å². The number of rotatable bonds is 6. The van der Waals surface area contributed by atoms with Crippen LogP contribution in [0.25, 0.3) is 0 Å². The molecule has 1 aromatic carbocycles. The summed E-state index contributed by atoms with van der Waals surface area (Å²) >= 11 is 0. The Balaban J connectivity index is 1.34. The van der Waals surface area contributed by atoms with E-state index in [1.165, 1.54) is 0 Å². The van der Waals surface area contributed by atoms with E-state index in [2.05, 4.69) is 9.88 Å². The number of pyridine rings is 1. The van der Waals surface area contributed by atoms with Crippen LogP contribution in [0.15, 0.2) is 48.5 Å². The molecule has 31 heavy (non-hydrogen) atoms. The maximum Gasteiger partial charge on any atom is 0.255 e. The molecule has 0 N–H and O–H groups in total. The van der Waals surface area contributed by atoms with Crippen molar-refractivity contribution in [3.8, 4) is 0 Å². The first-order valence-electron chi connectivity index (χ1n) is 11.1. The predicted molar refractivity (Wildman–Crippen MR) is 120 cm³/mol. The molecule has 2 saturated heterocycles. The molecule has 2 aliphatic rings. The average molecular weight is 422 g/mol. The maximum absolute atomic E-state index is 12.7. The highest BCUT2D eigenvalue weighted by Crippen LogP contribution is 2.35. The Kier molecular flexibility index (Phi) is 6.49. The molecular weight excluding hydrogens is 390 g/mol. The number of Topliss-reactive ketones (excluding diaryl/α,β-unsaturated/α-hetero) is 1. The molecule has 6 nitrogen and oxygen atoms in total. The summed E-state index contributed by atoms with van der Waals surface area (Å²) in [5, 5.41) is 0. The van der Waals surface area contributed by atoms with Gasteiger partial charge in [-0.2, -0.15) is 0 Å². The number of nitrogens with zero attached hydrogens (tertiary/aromatic N) is 3. The summed E-state index contributed by atoms with van der Waals surface area (Å²) in [4.78, 5) is 33.1. The third kappa shape index (κ3) is 5.20. The molecule has 4 rings (SSSR count). The number of anilines is 1. The van der Waals surface area contributed by atoms with Crippen molar-refractivity contribution in [3.05, 3.63) is 59.9 Å². The summed E-state index contributed by atoms with van der Waals surface area (Å²) in [5.41, 5.74) is 2.54. The van der Waals surface area contributed by atoms with Gasteiger partial charge in [0, 0.05) is 49.6 Å². The zero-order chi connectivity index (χ0) is 21.8. The summed E-state index contributed by atoms with van der Waals surface area (Å²) in [6, 6.07) is 15.8. The molecule has 3 heterocycles. The minimum Gasteiger partial charge on any atom is -0.360 e. The quantitative estimate of drug-likeness (QED) is 0.717. The van der Waals surface area contributed by atoms with Crippen molar-refractivity contribution < 1.29 is 14.3 Å². The molecule has 0 saturated carbocycles. The number of hydrogen-bond donors (Lipinski definition) is 0. The first kappa shape index (κ1) is 21.7. The standard InChI is InChI=1S/C25H31N3O3/c1-19(29)17-22-8-6-7-21(26-22)11-14-27-15-12-25(13-16-27)18-28(24(30)20(2)31-25)23-9-4-3-5-10-23/h3-10,20H,11-18H2,1-2H3. The fourth-order valence-electron chi connectivity index (χ4n) is 4.63. The van der Waals surface area contributed by atoms with Gasteiger partial charge < -0.3 is 14.5 Å². The van der Waals surface area contributed by atoms with E-state index >= 15 is 0 Å². The molecule has 1 aromatic heterocycles. The lowest BCUT2D eigenvalue weighted by Crippen LogP contribution is -2.61. The normalized spacial score (nSPS) is 21.4. The second-order valence-corrected chi connectivity index (χ2v) is 8.79. The number of morpholine rings is 1. The van der Waals surface area contributed by atoms with Gasteiger partial charge in [0.25, 0.3) is 5.91 Å². The van der Waals surface area contributed by atoms with Gasteiger partial charge >= 0.3 is 0 Å². The summed E-state index contributed by atoms with van der Waals surface area (Å²) in [5.74, 6) is 0.173. The summed E-state index contributed by atoms with van der Waals surface area (Å²) in [7, 11) is 0. The summed E-state index contributed by atoms with van der Waals surface area (Å²) in [6.07, 6.45) is 2.66. The monoisotopic (exact) mass is 421 g/mol. The largest absolute Gasteiger partial charge is 0.360 e. The SMILES string of the molecule is CC(=O)Cc1cccc(CCN2CCC3(CC2)CN(c2ccccc2)C(=O)C(C)O3)n1. The van der Waals surface area contributed by atoms with Crippen molar-refractivity contribution >= 4 is 17.4 Å². The van der Waals surface area contributed by atoms with Crippen LogP contribution in [0.4, 0.5) is 5.69 Å². The van der Waals surface area contributed by atoms with E-state index in [9.17, 15) is 9.59 Å². The van der Waals surface area contributed by atoms with Gasteiger partial charge in [-0.3, -0.25) is 14.6 Å². The maximum atomic E-state index is 12.7. The minimum atomic E-state index is -0.422. The van der Waals surface area contributed by atoms with Crippen LogP contribution in [0.5, 0.6) is 0 Å². The summed E-state index contributed by atoms with van der Waals surface area (Å²) in [6.45, 7) is 6.89. The summed E-state index contributed by atoms with van der Waals surface area (Å²) < 4.78 is 6.28. The molecule has 1 atom stereocenters. The Morgan fingerprint density at radius 3 is 2.52 bits per heavy atom. The van der Waals surface area contributed by atoms with E-state index < -0.39 is 6.10 Å². The van der Waals surface area contributed by atoms with E-state index in [1.54, 1.807) is 6.92 Å². The Bertz CT molecular complexity index is 923. The van der Waals surface area contributed by atoms with Crippen molar-refractivity contribution in [2.45, 2.75) is 51.2 Å². The van der Waals surface area contributed by atoms with Crippen molar-refractivity contribution in [2.24, 2.45) is 0 Å². The minimum absolute atomic E-state index is 0.0378. The van der Waals surface area contributed by atoms with E-state index in [4.69, 9.17) is 4.74 Å². The first-order chi connectivity index (χ1) is 14.9. The fraction of sp³-hybridized carbons (Fsp3) is 0.480. The third-order valence-electron chi connectivity index (χ3n) is 6.30. The van der Waals surface area contributed by atoms with Crippen LogP contribution in [-0.4, -0.2) is 59.5 Å². The van der Waals surface area contributed by atoms with Gasteiger partial charge in [0.05, 0.1) is 12.1 Å². The Morgan fingerprint density at radius 1 is 1.10 bits per heavy atom. The van der Waals surface area contributed by atoms with Crippen molar-refractivity contribution in [1.29, 1.82) is 0 Å². The van der Waals surface area contributed by atoms with Crippen LogP contribution in [-0.2, 0) is 27.2 Å². The highest BCUT2D eigenvalue weighted by atomic mass is 16.5. The highest BCUT2D eigenvalue weighted by molar-refractivity contribution is 5.97. The number of aromatic nitrogens is 1. The molecule has 2 fully saturated rings. The van der Waals surface area contributed by atoms with Gasteiger partial charge in [0.2, 0.25) is 0 Å². The van der Waals surface area contributed by atoms with E-state index in [1.807, 2.05) is 60.4 Å². The number of piperidine rings is 1.